The van der Waals surface area contributed by atoms with Gasteiger partial charge in [-0.1, -0.05) is 24.3 Å². The largest absolute Gasteiger partial charge is 0.361 e. The van der Waals surface area contributed by atoms with Crippen molar-refractivity contribution >= 4 is 11.6 Å². The quantitative estimate of drug-likeness (QED) is 0.758. The van der Waals surface area contributed by atoms with Gasteiger partial charge in [0.15, 0.2) is 0 Å². The van der Waals surface area contributed by atoms with Crippen molar-refractivity contribution in [2.75, 3.05) is 5.32 Å². The molecule has 1 aliphatic heterocycles. The molecule has 0 saturated carbocycles. The summed E-state index contributed by atoms with van der Waals surface area (Å²) in [6.45, 7) is 0. The highest BCUT2D eigenvalue weighted by atomic mass is 16.2. The van der Waals surface area contributed by atoms with E-state index in [1.165, 1.54) is 6.33 Å². The summed E-state index contributed by atoms with van der Waals surface area (Å²) in [5.41, 5.74) is 3.41. The fourth-order valence-electron chi connectivity index (χ4n) is 2.54. The molecule has 6 nitrogen and oxygen atoms in total. The third-order valence-electron chi connectivity index (χ3n) is 3.66. The zero-order valence-corrected chi connectivity index (χ0v) is 11.6. The monoisotopic (exact) mass is 291 g/mol. The van der Waals surface area contributed by atoms with Crippen LogP contribution in [0.2, 0.25) is 0 Å². The smallest absolute Gasteiger partial charge is 0.255 e. The van der Waals surface area contributed by atoms with Gasteiger partial charge < -0.3 is 10.6 Å². The van der Waals surface area contributed by atoms with Crippen molar-refractivity contribution in [3.63, 3.8) is 0 Å². The van der Waals surface area contributed by atoms with Gasteiger partial charge in [-0.15, -0.1) is 0 Å². The number of fused-ring (bicyclic) bond motifs is 1. The van der Waals surface area contributed by atoms with E-state index in [0.717, 1.165) is 16.9 Å². The molecule has 22 heavy (non-hydrogen) atoms. The molecule has 1 aliphatic rings. The maximum absolute atomic E-state index is 12.1. The molecule has 0 spiro atoms. The molecule has 6 heteroatoms. The number of amides is 1. The third kappa shape index (κ3) is 2.10. The summed E-state index contributed by atoms with van der Waals surface area (Å²) in [6, 6.07) is 15.3. The van der Waals surface area contributed by atoms with E-state index in [4.69, 9.17) is 0 Å². The minimum atomic E-state index is -0.243. The molecule has 108 valence electrons. The lowest BCUT2D eigenvalue weighted by molar-refractivity contribution is 0.0935. The molecule has 1 aromatic heterocycles. The number of benzene rings is 2. The molecule has 0 fully saturated rings. The Morgan fingerprint density at radius 1 is 1.00 bits per heavy atom. The Morgan fingerprint density at radius 2 is 1.82 bits per heavy atom. The topological polar surface area (TPSA) is 71.8 Å². The molecule has 1 amide bonds. The molecule has 0 aliphatic carbocycles. The maximum atomic E-state index is 12.1. The number of para-hydroxylation sites is 1. The molecule has 4 rings (SSSR count). The number of rotatable bonds is 2. The summed E-state index contributed by atoms with van der Waals surface area (Å²) in [5.74, 6) is -0.0697. The zero-order valence-electron chi connectivity index (χ0n) is 11.6. The Balaban J connectivity index is 1.62. The van der Waals surface area contributed by atoms with Crippen molar-refractivity contribution in [3.8, 4) is 5.69 Å². The summed E-state index contributed by atoms with van der Waals surface area (Å²) in [6.07, 6.45) is 2.90. The first kappa shape index (κ1) is 12.6. The number of anilines is 1. The third-order valence-corrected chi connectivity index (χ3v) is 3.66. The number of nitrogens with one attached hydrogen (secondary N) is 2. The number of carbonyl (C=O) groups is 1. The van der Waals surface area contributed by atoms with Gasteiger partial charge in [0.25, 0.3) is 5.91 Å². The van der Waals surface area contributed by atoms with E-state index < -0.39 is 0 Å². The predicted molar refractivity (Wildman–Crippen MR) is 81.6 cm³/mol. The fourth-order valence-corrected chi connectivity index (χ4v) is 2.54. The van der Waals surface area contributed by atoms with Crippen molar-refractivity contribution in [2.45, 2.75) is 6.17 Å². The second kappa shape index (κ2) is 5.00. The second-order valence-corrected chi connectivity index (χ2v) is 5.03. The molecule has 2 heterocycles. The number of hydrogen-bond acceptors (Lipinski definition) is 4. The number of carbonyl (C=O) groups excluding carboxylic acids is 1. The van der Waals surface area contributed by atoms with E-state index in [9.17, 15) is 4.79 Å². The molecule has 0 radical (unpaired) electrons. The van der Waals surface area contributed by atoms with Crippen LogP contribution >= 0.6 is 0 Å². The lowest BCUT2D eigenvalue weighted by Gasteiger charge is -2.28. The van der Waals surface area contributed by atoms with Gasteiger partial charge in [-0.2, -0.15) is 5.10 Å². The zero-order chi connectivity index (χ0) is 14.9. The summed E-state index contributed by atoms with van der Waals surface area (Å²) in [5, 5.41) is 10.4. The number of hydrogen-bond donors (Lipinski definition) is 2. The molecule has 3 aromatic rings. The Morgan fingerprint density at radius 3 is 2.59 bits per heavy atom. The normalized spacial score (nSPS) is 16.5. The van der Waals surface area contributed by atoms with Crippen LogP contribution in [0.4, 0.5) is 5.69 Å². The van der Waals surface area contributed by atoms with Crippen molar-refractivity contribution in [2.24, 2.45) is 0 Å². The Hall–Kier alpha value is -3.15. The van der Waals surface area contributed by atoms with Gasteiger partial charge in [-0.3, -0.25) is 4.79 Å². The highest BCUT2D eigenvalue weighted by Gasteiger charge is 2.23. The Labute approximate surface area is 126 Å². The van der Waals surface area contributed by atoms with Crippen LogP contribution in [0.15, 0.2) is 61.2 Å². The molecule has 2 N–H and O–H groups in total. The molecule has 0 bridgehead atoms. The first-order valence-electron chi connectivity index (χ1n) is 6.93. The van der Waals surface area contributed by atoms with Gasteiger partial charge in [-0.05, 0) is 29.8 Å². The molecule has 1 atom stereocenters. The van der Waals surface area contributed by atoms with Gasteiger partial charge in [0.05, 0.1) is 11.3 Å². The summed E-state index contributed by atoms with van der Waals surface area (Å²) >= 11 is 0. The highest BCUT2D eigenvalue weighted by molar-refractivity contribution is 6.01. The van der Waals surface area contributed by atoms with E-state index in [1.54, 1.807) is 11.0 Å². The predicted octanol–water partition coefficient (Wildman–Crippen LogP) is 2.12. The van der Waals surface area contributed by atoms with Crippen LogP contribution in [0, 0.1) is 0 Å². The molecular weight excluding hydrogens is 278 g/mol. The van der Waals surface area contributed by atoms with Crippen LogP contribution in [0.25, 0.3) is 5.69 Å². The lowest BCUT2D eigenvalue weighted by Crippen LogP contribution is -2.38. The van der Waals surface area contributed by atoms with Gasteiger partial charge in [-0.25, -0.2) is 9.67 Å². The van der Waals surface area contributed by atoms with Gasteiger partial charge in [0.2, 0.25) is 0 Å². The Bertz CT molecular complexity index is 811. The summed E-state index contributed by atoms with van der Waals surface area (Å²) in [4.78, 5) is 16.1. The summed E-state index contributed by atoms with van der Waals surface area (Å²) in [7, 11) is 0. The molecule has 0 saturated heterocycles. The van der Waals surface area contributed by atoms with Crippen LogP contribution in [0.1, 0.15) is 22.1 Å². The van der Waals surface area contributed by atoms with Crippen LogP contribution in [-0.2, 0) is 0 Å². The number of aromatic nitrogens is 3. The average molecular weight is 291 g/mol. The minimum Gasteiger partial charge on any atom is -0.361 e. The fraction of sp³-hybridized carbons (Fsp3) is 0.0625. The van der Waals surface area contributed by atoms with Gasteiger partial charge >= 0.3 is 0 Å². The highest BCUT2D eigenvalue weighted by Crippen LogP contribution is 2.26. The van der Waals surface area contributed by atoms with Crippen molar-refractivity contribution in [3.05, 3.63) is 72.3 Å². The van der Waals surface area contributed by atoms with Crippen molar-refractivity contribution in [1.29, 1.82) is 0 Å². The van der Waals surface area contributed by atoms with Crippen LogP contribution in [-0.4, -0.2) is 20.7 Å². The molecular formula is C16H13N5O. The first-order valence-corrected chi connectivity index (χ1v) is 6.93. The van der Waals surface area contributed by atoms with Gasteiger partial charge in [0.1, 0.15) is 18.8 Å². The van der Waals surface area contributed by atoms with Crippen LogP contribution in [0.3, 0.4) is 0 Å². The van der Waals surface area contributed by atoms with E-state index >= 15 is 0 Å². The minimum absolute atomic E-state index is 0.0697. The standard InChI is InChI=1S/C16H13N5O/c22-16-13-3-1-2-4-14(13)19-15(20-16)11-5-7-12(8-6-11)21-10-17-9-18-21/h1-10,15,19H,(H,20,22)/t15-/m0/s1. The SMILES string of the molecule is O=C1N[C@@H](c2ccc(-n3cncn3)cc2)Nc2ccccc21. The van der Waals surface area contributed by atoms with E-state index in [0.29, 0.717) is 5.56 Å². The second-order valence-electron chi connectivity index (χ2n) is 5.03. The number of nitrogens with zero attached hydrogens (tertiary/aromatic N) is 3. The Kier molecular flexibility index (Phi) is 2.86. The molecule has 0 unspecified atom stereocenters. The van der Waals surface area contributed by atoms with Crippen molar-refractivity contribution in [1.82, 2.24) is 20.1 Å². The lowest BCUT2D eigenvalue weighted by atomic mass is 10.1. The van der Waals surface area contributed by atoms with E-state index in [-0.39, 0.29) is 12.1 Å². The van der Waals surface area contributed by atoms with Crippen molar-refractivity contribution < 1.29 is 4.79 Å². The van der Waals surface area contributed by atoms with E-state index in [1.807, 2.05) is 48.5 Å². The molecule has 2 aromatic carbocycles. The van der Waals surface area contributed by atoms with E-state index in [2.05, 4.69) is 20.7 Å². The average Bonchev–Trinajstić information content (AvgIpc) is 3.09. The van der Waals surface area contributed by atoms with Crippen LogP contribution in [0.5, 0.6) is 0 Å². The van der Waals surface area contributed by atoms with Gasteiger partial charge in [0, 0.05) is 5.69 Å². The maximum Gasteiger partial charge on any atom is 0.255 e. The first-order chi connectivity index (χ1) is 10.8. The van der Waals surface area contributed by atoms with Crippen LogP contribution < -0.4 is 10.6 Å². The summed E-state index contributed by atoms with van der Waals surface area (Å²) < 4.78 is 1.69.